The summed E-state index contributed by atoms with van der Waals surface area (Å²) in [6, 6.07) is 12.2. The summed E-state index contributed by atoms with van der Waals surface area (Å²) in [5, 5.41) is 0. The van der Waals surface area contributed by atoms with E-state index in [2.05, 4.69) is 0 Å². The maximum atomic E-state index is 12.9. The lowest BCUT2D eigenvalue weighted by atomic mass is 10.0. The van der Waals surface area contributed by atoms with Crippen LogP contribution in [0.25, 0.3) is 0 Å². The van der Waals surface area contributed by atoms with Gasteiger partial charge < -0.3 is 0 Å². The van der Waals surface area contributed by atoms with Gasteiger partial charge in [-0.1, -0.05) is 26.0 Å². The Morgan fingerprint density at radius 1 is 1.05 bits per heavy atom. The summed E-state index contributed by atoms with van der Waals surface area (Å²) < 4.78 is 39.2. The molecule has 0 saturated carbocycles. The van der Waals surface area contributed by atoms with Gasteiger partial charge in [0, 0.05) is 7.05 Å². The molecular weight excluding hydrogens is 289 g/mol. The van der Waals surface area contributed by atoms with Crippen LogP contribution in [0.5, 0.6) is 0 Å². The zero-order valence-corrected chi connectivity index (χ0v) is 13.1. The SMILES string of the molecule is CC(C)c1cccc(N(C)S(=O)(=O)c2ccc(F)cc2)c1. The third kappa shape index (κ3) is 3.24. The predicted molar refractivity (Wildman–Crippen MR) is 82.5 cm³/mol. The third-order valence-corrected chi connectivity index (χ3v) is 5.17. The quantitative estimate of drug-likeness (QED) is 0.862. The Morgan fingerprint density at radius 3 is 2.24 bits per heavy atom. The van der Waals surface area contributed by atoms with Crippen LogP contribution in [0.15, 0.2) is 53.4 Å². The molecule has 0 atom stereocenters. The normalized spacial score (nSPS) is 11.7. The Balaban J connectivity index is 2.40. The highest BCUT2D eigenvalue weighted by Gasteiger charge is 2.21. The van der Waals surface area contributed by atoms with E-state index in [1.165, 1.54) is 23.5 Å². The van der Waals surface area contributed by atoms with Gasteiger partial charge in [0.05, 0.1) is 10.6 Å². The molecule has 0 N–H and O–H groups in total. The van der Waals surface area contributed by atoms with E-state index < -0.39 is 15.8 Å². The molecule has 0 radical (unpaired) electrons. The first-order chi connectivity index (χ1) is 9.82. The minimum atomic E-state index is -3.68. The summed E-state index contributed by atoms with van der Waals surface area (Å²) in [7, 11) is -2.19. The monoisotopic (exact) mass is 307 g/mol. The first-order valence-corrected chi connectivity index (χ1v) is 8.11. The van der Waals surface area contributed by atoms with Crippen molar-refractivity contribution in [1.82, 2.24) is 0 Å². The van der Waals surface area contributed by atoms with Crippen LogP contribution >= 0.6 is 0 Å². The molecule has 112 valence electrons. The summed E-state index contributed by atoms with van der Waals surface area (Å²) in [5.74, 6) is -0.148. The topological polar surface area (TPSA) is 37.4 Å². The van der Waals surface area contributed by atoms with Crippen LogP contribution in [-0.4, -0.2) is 15.5 Å². The minimum absolute atomic E-state index is 0.0707. The molecule has 0 aliphatic heterocycles. The van der Waals surface area contributed by atoms with Crippen LogP contribution in [0.1, 0.15) is 25.3 Å². The number of rotatable bonds is 4. The fourth-order valence-corrected chi connectivity index (χ4v) is 3.17. The molecule has 0 saturated heterocycles. The predicted octanol–water partition coefficient (Wildman–Crippen LogP) is 3.77. The van der Waals surface area contributed by atoms with Crippen LogP contribution in [0.3, 0.4) is 0 Å². The van der Waals surface area contributed by atoms with E-state index in [4.69, 9.17) is 0 Å². The lowest BCUT2D eigenvalue weighted by molar-refractivity contribution is 0.593. The van der Waals surface area contributed by atoms with Gasteiger partial charge in [-0.05, 0) is 47.9 Å². The molecule has 0 spiro atoms. The third-order valence-electron chi connectivity index (χ3n) is 3.37. The second kappa shape index (κ2) is 5.85. The Labute approximate surface area is 125 Å². The van der Waals surface area contributed by atoms with Crippen molar-refractivity contribution in [2.75, 3.05) is 11.4 Å². The van der Waals surface area contributed by atoms with Crippen molar-refractivity contribution in [3.05, 3.63) is 59.9 Å². The van der Waals surface area contributed by atoms with Crippen molar-refractivity contribution >= 4 is 15.7 Å². The highest BCUT2D eigenvalue weighted by Crippen LogP contribution is 2.25. The van der Waals surface area contributed by atoms with Crippen LogP contribution in [-0.2, 0) is 10.0 Å². The molecule has 0 amide bonds. The summed E-state index contributed by atoms with van der Waals surface area (Å²) in [4.78, 5) is 0.0707. The highest BCUT2D eigenvalue weighted by molar-refractivity contribution is 7.92. The number of hydrogen-bond acceptors (Lipinski definition) is 2. The number of nitrogens with zero attached hydrogens (tertiary/aromatic N) is 1. The molecule has 0 heterocycles. The lowest BCUT2D eigenvalue weighted by Gasteiger charge is -2.20. The summed E-state index contributed by atoms with van der Waals surface area (Å²) >= 11 is 0. The van der Waals surface area contributed by atoms with Gasteiger partial charge in [-0.25, -0.2) is 12.8 Å². The van der Waals surface area contributed by atoms with Gasteiger partial charge in [-0.2, -0.15) is 0 Å². The van der Waals surface area contributed by atoms with E-state index in [0.29, 0.717) is 11.6 Å². The van der Waals surface area contributed by atoms with E-state index in [9.17, 15) is 12.8 Å². The number of sulfonamides is 1. The van der Waals surface area contributed by atoms with Crippen molar-refractivity contribution in [2.45, 2.75) is 24.7 Å². The minimum Gasteiger partial charge on any atom is -0.269 e. The highest BCUT2D eigenvalue weighted by atomic mass is 32.2. The van der Waals surface area contributed by atoms with Crippen molar-refractivity contribution in [1.29, 1.82) is 0 Å². The molecule has 0 aliphatic rings. The Hall–Kier alpha value is -1.88. The largest absolute Gasteiger partial charge is 0.269 e. The molecule has 2 aromatic carbocycles. The summed E-state index contributed by atoms with van der Waals surface area (Å²) in [6.45, 7) is 4.10. The molecular formula is C16H18FNO2S. The molecule has 3 nitrogen and oxygen atoms in total. The Bertz CT molecular complexity index is 724. The van der Waals surface area contributed by atoms with E-state index in [1.807, 2.05) is 32.0 Å². The van der Waals surface area contributed by atoms with Crippen molar-refractivity contribution in [2.24, 2.45) is 0 Å². The molecule has 2 aromatic rings. The number of halogens is 1. The van der Waals surface area contributed by atoms with Crippen molar-refractivity contribution in [3.63, 3.8) is 0 Å². The van der Waals surface area contributed by atoms with Crippen LogP contribution in [0.2, 0.25) is 0 Å². The fourth-order valence-electron chi connectivity index (χ4n) is 1.98. The first-order valence-electron chi connectivity index (χ1n) is 6.67. The zero-order valence-electron chi connectivity index (χ0n) is 12.2. The molecule has 5 heteroatoms. The zero-order chi connectivity index (χ0) is 15.6. The molecule has 0 unspecified atom stereocenters. The second-order valence-corrected chi connectivity index (χ2v) is 7.15. The Kier molecular flexibility index (Phi) is 4.32. The van der Waals surface area contributed by atoms with E-state index in [-0.39, 0.29) is 4.90 Å². The average Bonchev–Trinajstić information content (AvgIpc) is 2.47. The molecule has 0 fully saturated rings. The number of anilines is 1. The molecule has 2 rings (SSSR count). The van der Waals surface area contributed by atoms with Gasteiger partial charge in [-0.3, -0.25) is 4.31 Å². The van der Waals surface area contributed by atoms with Gasteiger partial charge >= 0.3 is 0 Å². The van der Waals surface area contributed by atoms with Crippen LogP contribution < -0.4 is 4.31 Å². The molecule has 0 aromatic heterocycles. The van der Waals surface area contributed by atoms with Crippen LogP contribution in [0, 0.1) is 5.82 Å². The standard InChI is InChI=1S/C16H18FNO2S/c1-12(2)13-5-4-6-15(11-13)18(3)21(19,20)16-9-7-14(17)8-10-16/h4-12H,1-3H3. The lowest BCUT2D eigenvalue weighted by Crippen LogP contribution is -2.26. The van der Waals surface area contributed by atoms with E-state index in [1.54, 1.807) is 6.07 Å². The van der Waals surface area contributed by atoms with Crippen molar-refractivity contribution < 1.29 is 12.8 Å². The van der Waals surface area contributed by atoms with Gasteiger partial charge in [-0.15, -0.1) is 0 Å². The van der Waals surface area contributed by atoms with Crippen LogP contribution in [0.4, 0.5) is 10.1 Å². The summed E-state index contributed by atoms with van der Waals surface area (Å²) in [5.41, 5.74) is 1.65. The fraction of sp³-hybridized carbons (Fsp3) is 0.250. The van der Waals surface area contributed by atoms with Gasteiger partial charge in [0.25, 0.3) is 10.0 Å². The van der Waals surface area contributed by atoms with E-state index >= 15 is 0 Å². The molecule has 0 aliphatic carbocycles. The maximum absolute atomic E-state index is 12.9. The maximum Gasteiger partial charge on any atom is 0.264 e. The molecule has 0 bridgehead atoms. The Morgan fingerprint density at radius 2 is 1.67 bits per heavy atom. The van der Waals surface area contributed by atoms with Gasteiger partial charge in [0.15, 0.2) is 0 Å². The summed E-state index contributed by atoms with van der Waals surface area (Å²) in [6.07, 6.45) is 0. The smallest absolute Gasteiger partial charge is 0.264 e. The average molecular weight is 307 g/mol. The number of benzene rings is 2. The van der Waals surface area contributed by atoms with Crippen molar-refractivity contribution in [3.8, 4) is 0 Å². The van der Waals surface area contributed by atoms with E-state index in [0.717, 1.165) is 17.7 Å². The van der Waals surface area contributed by atoms with Gasteiger partial charge in [0.1, 0.15) is 5.82 Å². The molecule has 21 heavy (non-hydrogen) atoms. The number of hydrogen-bond donors (Lipinski definition) is 0. The van der Waals surface area contributed by atoms with Gasteiger partial charge in [0.2, 0.25) is 0 Å². The second-order valence-electron chi connectivity index (χ2n) is 5.18. The first kappa shape index (κ1) is 15.5.